The number of carbonyl (C=O) groups is 1. The molecule has 0 aliphatic carbocycles. The van der Waals surface area contributed by atoms with Crippen molar-refractivity contribution in [3.63, 3.8) is 0 Å². The number of thioether (sulfide) groups is 1. The number of aryl methyl sites for hydroxylation is 2. The highest BCUT2D eigenvalue weighted by molar-refractivity contribution is 7.99. The molecular formula is C20H24N4OS2. The van der Waals surface area contributed by atoms with E-state index in [9.17, 15) is 4.79 Å². The van der Waals surface area contributed by atoms with Crippen LogP contribution in [0.1, 0.15) is 35.8 Å². The smallest absolute Gasteiger partial charge is 0.234 e. The Kier molecular flexibility index (Phi) is 6.01. The molecule has 0 aliphatic heterocycles. The number of nitrogens with zero attached hydrogens (tertiary/aromatic N) is 3. The van der Waals surface area contributed by atoms with Crippen molar-refractivity contribution >= 4 is 34.7 Å². The molecule has 2 heterocycles. The van der Waals surface area contributed by atoms with Crippen LogP contribution in [0, 0.1) is 13.8 Å². The molecule has 0 atom stereocenters. The zero-order valence-corrected chi connectivity index (χ0v) is 17.9. The van der Waals surface area contributed by atoms with Crippen LogP contribution in [0.4, 0.5) is 5.69 Å². The molecule has 5 nitrogen and oxygen atoms in total. The quantitative estimate of drug-likeness (QED) is 0.591. The van der Waals surface area contributed by atoms with Crippen LogP contribution in [0.15, 0.2) is 34.8 Å². The zero-order chi connectivity index (χ0) is 19.6. The monoisotopic (exact) mass is 400 g/mol. The molecule has 3 aromatic rings. The lowest BCUT2D eigenvalue weighted by Gasteiger charge is -2.07. The van der Waals surface area contributed by atoms with Gasteiger partial charge in [0.1, 0.15) is 0 Å². The maximum atomic E-state index is 12.3. The summed E-state index contributed by atoms with van der Waals surface area (Å²) in [5.74, 6) is 1.57. The van der Waals surface area contributed by atoms with E-state index in [1.165, 1.54) is 22.2 Å². The van der Waals surface area contributed by atoms with E-state index in [2.05, 4.69) is 47.7 Å². The first-order valence-corrected chi connectivity index (χ1v) is 10.7. The van der Waals surface area contributed by atoms with Crippen LogP contribution in [0.2, 0.25) is 0 Å². The van der Waals surface area contributed by atoms with Gasteiger partial charge in [-0.1, -0.05) is 31.7 Å². The SMILES string of the molecule is Cc1ccc(NC(=O)CSc2nnc(-c3csc(C(C)C)c3)n2C)cc1C. The van der Waals surface area contributed by atoms with Gasteiger partial charge in [-0.2, -0.15) is 0 Å². The predicted molar refractivity (Wildman–Crippen MR) is 114 cm³/mol. The van der Waals surface area contributed by atoms with Gasteiger partial charge in [0.25, 0.3) is 0 Å². The summed E-state index contributed by atoms with van der Waals surface area (Å²) in [5.41, 5.74) is 4.27. The Morgan fingerprint density at radius 2 is 2.00 bits per heavy atom. The molecule has 1 amide bonds. The van der Waals surface area contributed by atoms with Gasteiger partial charge < -0.3 is 9.88 Å². The van der Waals surface area contributed by atoms with Crippen molar-refractivity contribution in [3.05, 3.63) is 45.6 Å². The Morgan fingerprint density at radius 3 is 2.67 bits per heavy atom. The maximum Gasteiger partial charge on any atom is 0.234 e. The molecule has 1 N–H and O–H groups in total. The molecule has 27 heavy (non-hydrogen) atoms. The standard InChI is InChI=1S/C20H24N4OS2/c1-12(2)17-9-15(10-26-17)19-22-23-20(24(19)5)27-11-18(25)21-16-7-6-13(3)14(4)8-16/h6-10,12H,11H2,1-5H3,(H,21,25). The summed E-state index contributed by atoms with van der Waals surface area (Å²) in [6.45, 7) is 8.46. The Morgan fingerprint density at radius 1 is 1.22 bits per heavy atom. The van der Waals surface area contributed by atoms with Crippen molar-refractivity contribution in [2.24, 2.45) is 7.05 Å². The fourth-order valence-electron chi connectivity index (χ4n) is 2.61. The second-order valence-electron chi connectivity index (χ2n) is 6.89. The van der Waals surface area contributed by atoms with Crippen molar-refractivity contribution in [3.8, 4) is 11.4 Å². The molecule has 142 valence electrons. The first kappa shape index (κ1) is 19.6. The van der Waals surface area contributed by atoms with Crippen LogP contribution in [-0.2, 0) is 11.8 Å². The number of rotatable bonds is 6. The van der Waals surface area contributed by atoms with Crippen molar-refractivity contribution in [2.75, 3.05) is 11.1 Å². The summed E-state index contributed by atoms with van der Waals surface area (Å²) >= 11 is 3.13. The normalized spacial score (nSPS) is 11.2. The van der Waals surface area contributed by atoms with Gasteiger partial charge in [-0.05, 0) is 49.1 Å². The van der Waals surface area contributed by atoms with Gasteiger partial charge in [0.2, 0.25) is 5.91 Å². The second-order valence-corrected chi connectivity index (χ2v) is 8.78. The number of hydrogen-bond donors (Lipinski definition) is 1. The third-order valence-electron chi connectivity index (χ3n) is 4.40. The minimum atomic E-state index is -0.0505. The Bertz CT molecular complexity index is 959. The lowest BCUT2D eigenvalue weighted by Crippen LogP contribution is -2.14. The number of nitrogens with one attached hydrogen (secondary N) is 1. The third kappa shape index (κ3) is 4.59. The Hall–Kier alpha value is -2.12. The van der Waals surface area contributed by atoms with Gasteiger partial charge in [0, 0.05) is 28.6 Å². The Labute approximate surface area is 168 Å². The molecule has 2 aromatic heterocycles. The van der Waals surface area contributed by atoms with E-state index in [1.54, 1.807) is 11.3 Å². The zero-order valence-electron chi connectivity index (χ0n) is 16.2. The molecule has 0 unspecified atom stereocenters. The molecule has 0 radical (unpaired) electrons. The number of thiophene rings is 1. The molecule has 7 heteroatoms. The van der Waals surface area contributed by atoms with Gasteiger partial charge >= 0.3 is 0 Å². The van der Waals surface area contributed by atoms with E-state index >= 15 is 0 Å². The number of hydrogen-bond acceptors (Lipinski definition) is 5. The van der Waals surface area contributed by atoms with Crippen LogP contribution < -0.4 is 5.32 Å². The fraction of sp³-hybridized carbons (Fsp3) is 0.350. The first-order valence-electron chi connectivity index (χ1n) is 8.83. The highest BCUT2D eigenvalue weighted by Gasteiger charge is 2.15. The van der Waals surface area contributed by atoms with Gasteiger partial charge in [0.15, 0.2) is 11.0 Å². The van der Waals surface area contributed by atoms with E-state index in [-0.39, 0.29) is 5.91 Å². The molecule has 0 aliphatic rings. The largest absolute Gasteiger partial charge is 0.325 e. The van der Waals surface area contributed by atoms with Gasteiger partial charge in [0.05, 0.1) is 5.75 Å². The summed E-state index contributed by atoms with van der Waals surface area (Å²) in [6, 6.07) is 8.09. The molecule has 0 saturated carbocycles. The summed E-state index contributed by atoms with van der Waals surface area (Å²) < 4.78 is 1.94. The minimum Gasteiger partial charge on any atom is -0.325 e. The summed E-state index contributed by atoms with van der Waals surface area (Å²) in [5, 5.41) is 14.3. The predicted octanol–water partition coefficient (Wildman–Crippen LogP) is 5.01. The van der Waals surface area contributed by atoms with Crippen LogP contribution in [0.3, 0.4) is 0 Å². The number of aromatic nitrogens is 3. The van der Waals surface area contributed by atoms with Crippen molar-refractivity contribution in [1.29, 1.82) is 0 Å². The minimum absolute atomic E-state index is 0.0505. The van der Waals surface area contributed by atoms with E-state index < -0.39 is 0 Å². The number of amides is 1. The average Bonchev–Trinajstić information content (AvgIpc) is 3.23. The maximum absolute atomic E-state index is 12.3. The number of anilines is 1. The van der Waals surface area contributed by atoms with Crippen molar-refractivity contribution < 1.29 is 4.79 Å². The van der Waals surface area contributed by atoms with Crippen molar-refractivity contribution in [1.82, 2.24) is 14.8 Å². The van der Waals surface area contributed by atoms with E-state index in [4.69, 9.17) is 0 Å². The van der Waals surface area contributed by atoms with Crippen LogP contribution in [-0.4, -0.2) is 26.4 Å². The molecule has 0 saturated heterocycles. The molecular weight excluding hydrogens is 376 g/mol. The molecule has 1 aromatic carbocycles. The summed E-state index contributed by atoms with van der Waals surface area (Å²) in [6.07, 6.45) is 0. The van der Waals surface area contributed by atoms with Gasteiger partial charge in [-0.15, -0.1) is 21.5 Å². The molecule has 0 spiro atoms. The van der Waals surface area contributed by atoms with Crippen molar-refractivity contribution in [2.45, 2.75) is 38.8 Å². The second kappa shape index (κ2) is 8.27. The lowest BCUT2D eigenvalue weighted by atomic mass is 10.1. The average molecular weight is 401 g/mol. The molecule has 0 fully saturated rings. The molecule has 3 rings (SSSR count). The third-order valence-corrected chi connectivity index (χ3v) is 6.66. The highest BCUT2D eigenvalue weighted by Crippen LogP contribution is 2.30. The van der Waals surface area contributed by atoms with Gasteiger partial charge in [-0.25, -0.2) is 0 Å². The van der Waals surface area contributed by atoms with E-state index in [0.717, 1.165) is 27.8 Å². The molecule has 0 bridgehead atoms. The van der Waals surface area contributed by atoms with E-state index in [1.807, 2.05) is 36.7 Å². The van der Waals surface area contributed by atoms with Crippen LogP contribution >= 0.6 is 23.1 Å². The Balaban J connectivity index is 1.63. The number of benzene rings is 1. The van der Waals surface area contributed by atoms with Crippen LogP contribution in [0.5, 0.6) is 0 Å². The summed E-state index contributed by atoms with van der Waals surface area (Å²) in [4.78, 5) is 13.6. The van der Waals surface area contributed by atoms with Gasteiger partial charge in [-0.3, -0.25) is 4.79 Å². The number of carbonyl (C=O) groups excluding carboxylic acids is 1. The summed E-state index contributed by atoms with van der Waals surface area (Å²) in [7, 11) is 1.94. The lowest BCUT2D eigenvalue weighted by molar-refractivity contribution is -0.113. The fourth-order valence-corrected chi connectivity index (χ4v) is 4.23. The topological polar surface area (TPSA) is 59.8 Å². The highest BCUT2D eigenvalue weighted by atomic mass is 32.2. The first-order chi connectivity index (χ1) is 12.8. The van der Waals surface area contributed by atoms with Crippen LogP contribution in [0.25, 0.3) is 11.4 Å². The van der Waals surface area contributed by atoms with E-state index in [0.29, 0.717) is 11.7 Å².